The summed E-state index contributed by atoms with van der Waals surface area (Å²) in [6, 6.07) is 5.70. The highest BCUT2D eigenvalue weighted by molar-refractivity contribution is 5.97. The van der Waals surface area contributed by atoms with Crippen LogP contribution in [0.3, 0.4) is 0 Å². The van der Waals surface area contributed by atoms with Crippen molar-refractivity contribution in [1.82, 2.24) is 10.6 Å². The largest absolute Gasteiger partial charge is 0.434 e. The Labute approximate surface area is 121 Å². The van der Waals surface area contributed by atoms with Crippen LogP contribution in [0.1, 0.15) is 30.1 Å². The Bertz CT molecular complexity index is 481. The second-order valence-electron chi connectivity index (χ2n) is 4.23. The molecule has 0 aliphatic rings. The summed E-state index contributed by atoms with van der Waals surface area (Å²) < 4.78 is 28.7. The fourth-order valence-electron chi connectivity index (χ4n) is 1.59. The van der Waals surface area contributed by atoms with Gasteiger partial charge in [-0.3, -0.25) is 9.59 Å². The highest BCUT2D eigenvalue weighted by Gasteiger charge is 2.15. The lowest BCUT2D eigenvalue weighted by Crippen LogP contribution is -2.31. The third-order valence-electron chi connectivity index (χ3n) is 2.56. The smallest absolute Gasteiger partial charge is 0.387 e. The Morgan fingerprint density at radius 3 is 2.57 bits per heavy atom. The fraction of sp³-hybridized carbons (Fsp3) is 0.429. The standard InChI is InChI=1S/C14H18F2N2O3/c1-2-8-17-12(19)7-9-18-13(20)10-5-3-4-6-11(10)21-14(15)16/h3-6,14H,2,7-9H2,1H3,(H,17,19)(H,18,20). The summed E-state index contributed by atoms with van der Waals surface area (Å²) in [6.07, 6.45) is 0.958. The Morgan fingerprint density at radius 1 is 1.19 bits per heavy atom. The first-order valence-corrected chi connectivity index (χ1v) is 6.63. The molecule has 2 amide bonds. The van der Waals surface area contributed by atoms with E-state index in [1.807, 2.05) is 6.92 Å². The van der Waals surface area contributed by atoms with E-state index >= 15 is 0 Å². The van der Waals surface area contributed by atoms with E-state index in [0.29, 0.717) is 6.54 Å². The van der Waals surface area contributed by atoms with Crippen molar-refractivity contribution in [2.24, 2.45) is 0 Å². The number of rotatable bonds is 8. The van der Waals surface area contributed by atoms with Crippen LogP contribution >= 0.6 is 0 Å². The predicted octanol–water partition coefficient (Wildman–Crippen LogP) is 1.93. The summed E-state index contributed by atoms with van der Waals surface area (Å²) in [5.74, 6) is -0.927. The van der Waals surface area contributed by atoms with Gasteiger partial charge < -0.3 is 15.4 Å². The zero-order valence-electron chi connectivity index (χ0n) is 11.7. The molecule has 0 fully saturated rings. The molecule has 0 aliphatic heterocycles. The Kier molecular flexibility index (Phi) is 7.14. The molecule has 0 radical (unpaired) electrons. The monoisotopic (exact) mass is 300 g/mol. The minimum atomic E-state index is -3.00. The molecule has 1 aromatic rings. The second kappa shape index (κ2) is 8.89. The number of nitrogens with one attached hydrogen (secondary N) is 2. The number of amides is 2. The topological polar surface area (TPSA) is 67.4 Å². The molecule has 0 saturated heterocycles. The minimum Gasteiger partial charge on any atom is -0.434 e. The van der Waals surface area contributed by atoms with Crippen molar-refractivity contribution in [1.29, 1.82) is 0 Å². The number of carbonyl (C=O) groups is 2. The average molecular weight is 300 g/mol. The number of benzene rings is 1. The van der Waals surface area contributed by atoms with Crippen LogP contribution in [-0.4, -0.2) is 31.5 Å². The Morgan fingerprint density at radius 2 is 1.90 bits per heavy atom. The van der Waals surface area contributed by atoms with Crippen molar-refractivity contribution < 1.29 is 23.1 Å². The Hall–Kier alpha value is -2.18. The summed E-state index contributed by atoms with van der Waals surface area (Å²) in [4.78, 5) is 23.2. The van der Waals surface area contributed by atoms with Gasteiger partial charge in [0.2, 0.25) is 5.91 Å². The van der Waals surface area contributed by atoms with Crippen molar-refractivity contribution in [3.63, 3.8) is 0 Å². The lowest BCUT2D eigenvalue weighted by Gasteiger charge is -2.10. The summed E-state index contributed by atoms with van der Waals surface area (Å²) in [7, 11) is 0. The van der Waals surface area contributed by atoms with Gasteiger partial charge in [-0.2, -0.15) is 8.78 Å². The van der Waals surface area contributed by atoms with E-state index < -0.39 is 12.5 Å². The van der Waals surface area contributed by atoms with E-state index in [4.69, 9.17) is 0 Å². The molecule has 2 N–H and O–H groups in total. The minimum absolute atomic E-state index is 0.00627. The van der Waals surface area contributed by atoms with Gasteiger partial charge in [0.05, 0.1) is 5.56 Å². The second-order valence-corrected chi connectivity index (χ2v) is 4.23. The zero-order valence-corrected chi connectivity index (χ0v) is 11.7. The van der Waals surface area contributed by atoms with Crippen LogP contribution < -0.4 is 15.4 Å². The van der Waals surface area contributed by atoms with Crippen molar-refractivity contribution in [2.45, 2.75) is 26.4 Å². The maximum atomic E-state index is 12.2. The van der Waals surface area contributed by atoms with E-state index in [1.54, 1.807) is 6.07 Å². The molecule has 0 aliphatic carbocycles. The molecule has 0 atom stereocenters. The average Bonchev–Trinajstić information content (AvgIpc) is 2.45. The number of alkyl halides is 2. The first kappa shape index (κ1) is 16.9. The molecular formula is C14H18F2N2O3. The number of para-hydroxylation sites is 1. The number of halogens is 2. The van der Waals surface area contributed by atoms with Crippen molar-refractivity contribution in [2.75, 3.05) is 13.1 Å². The summed E-state index contributed by atoms with van der Waals surface area (Å²) in [5.41, 5.74) is 0.00627. The molecule has 0 aromatic heterocycles. The van der Waals surface area contributed by atoms with Gasteiger partial charge in [0.15, 0.2) is 0 Å². The molecule has 1 rings (SSSR count). The van der Waals surface area contributed by atoms with Crippen LogP contribution in [-0.2, 0) is 4.79 Å². The number of hydrogen-bond donors (Lipinski definition) is 2. The summed E-state index contributed by atoms with van der Waals surface area (Å²) in [6.45, 7) is -0.365. The van der Waals surface area contributed by atoms with E-state index in [2.05, 4.69) is 15.4 Å². The van der Waals surface area contributed by atoms with Crippen molar-refractivity contribution in [3.8, 4) is 5.75 Å². The molecule has 116 valence electrons. The number of hydrogen-bond acceptors (Lipinski definition) is 3. The molecule has 0 heterocycles. The summed E-state index contributed by atoms with van der Waals surface area (Å²) >= 11 is 0. The van der Waals surface area contributed by atoms with Crippen LogP contribution in [0.4, 0.5) is 8.78 Å². The molecule has 1 aromatic carbocycles. The number of ether oxygens (including phenoxy) is 1. The van der Waals surface area contributed by atoms with E-state index in [1.165, 1.54) is 18.2 Å². The van der Waals surface area contributed by atoms with Gasteiger partial charge in [0.1, 0.15) is 5.75 Å². The lowest BCUT2D eigenvalue weighted by molar-refractivity contribution is -0.120. The van der Waals surface area contributed by atoms with Gasteiger partial charge in [-0.05, 0) is 18.6 Å². The van der Waals surface area contributed by atoms with Crippen LogP contribution in [0.15, 0.2) is 24.3 Å². The van der Waals surface area contributed by atoms with Crippen molar-refractivity contribution in [3.05, 3.63) is 29.8 Å². The first-order valence-electron chi connectivity index (χ1n) is 6.63. The van der Waals surface area contributed by atoms with Crippen LogP contribution in [0.5, 0.6) is 5.75 Å². The van der Waals surface area contributed by atoms with E-state index in [9.17, 15) is 18.4 Å². The van der Waals surface area contributed by atoms with Crippen LogP contribution in [0.2, 0.25) is 0 Å². The lowest BCUT2D eigenvalue weighted by atomic mass is 10.2. The summed E-state index contributed by atoms with van der Waals surface area (Å²) in [5, 5.41) is 5.16. The molecule has 21 heavy (non-hydrogen) atoms. The molecule has 7 heteroatoms. The van der Waals surface area contributed by atoms with E-state index in [0.717, 1.165) is 6.42 Å². The molecule has 5 nitrogen and oxygen atoms in total. The van der Waals surface area contributed by atoms with Gasteiger partial charge in [-0.1, -0.05) is 19.1 Å². The maximum Gasteiger partial charge on any atom is 0.387 e. The SMILES string of the molecule is CCCNC(=O)CCNC(=O)c1ccccc1OC(F)F. The van der Waals surface area contributed by atoms with Crippen LogP contribution in [0.25, 0.3) is 0 Å². The fourth-order valence-corrected chi connectivity index (χ4v) is 1.59. The molecule has 0 saturated carbocycles. The molecular weight excluding hydrogens is 282 g/mol. The van der Waals surface area contributed by atoms with Gasteiger partial charge in [0, 0.05) is 19.5 Å². The third kappa shape index (κ3) is 6.20. The Balaban J connectivity index is 2.50. The highest BCUT2D eigenvalue weighted by Crippen LogP contribution is 2.19. The number of carbonyl (C=O) groups excluding carboxylic acids is 2. The quantitative estimate of drug-likeness (QED) is 0.771. The highest BCUT2D eigenvalue weighted by atomic mass is 19.3. The zero-order chi connectivity index (χ0) is 15.7. The van der Waals surface area contributed by atoms with Crippen molar-refractivity contribution >= 4 is 11.8 Å². The maximum absolute atomic E-state index is 12.2. The molecule has 0 spiro atoms. The van der Waals surface area contributed by atoms with Gasteiger partial charge in [-0.25, -0.2) is 0 Å². The predicted molar refractivity (Wildman–Crippen MR) is 73.3 cm³/mol. The van der Waals surface area contributed by atoms with E-state index in [-0.39, 0.29) is 30.2 Å². The molecule has 0 unspecified atom stereocenters. The van der Waals surface area contributed by atoms with Gasteiger partial charge >= 0.3 is 6.61 Å². The van der Waals surface area contributed by atoms with Gasteiger partial charge in [-0.15, -0.1) is 0 Å². The normalized spacial score (nSPS) is 10.3. The molecule has 0 bridgehead atoms. The first-order chi connectivity index (χ1) is 10.0. The van der Waals surface area contributed by atoms with Crippen LogP contribution in [0, 0.1) is 0 Å². The van der Waals surface area contributed by atoms with Gasteiger partial charge in [0.25, 0.3) is 5.91 Å². The third-order valence-corrected chi connectivity index (χ3v) is 2.56.